The molecule has 0 radical (unpaired) electrons. The molecule has 4 heteroatoms. The Labute approximate surface area is 76.0 Å². The molecule has 0 aliphatic rings. The Morgan fingerprint density at radius 3 is 3.15 bits per heavy atom. The summed E-state index contributed by atoms with van der Waals surface area (Å²) in [5.41, 5.74) is 14.2. The molecule has 0 fully saturated rings. The lowest BCUT2D eigenvalue weighted by molar-refractivity contribution is 0.735. The summed E-state index contributed by atoms with van der Waals surface area (Å²) in [6, 6.07) is 3.78. The third kappa shape index (κ3) is 1.41. The molecule has 2 rings (SSSR count). The molecule has 68 valence electrons. The van der Waals surface area contributed by atoms with Crippen molar-refractivity contribution in [1.82, 2.24) is 9.97 Å². The first-order valence-electron chi connectivity index (χ1n) is 4.20. The van der Waals surface area contributed by atoms with E-state index in [1.54, 1.807) is 6.20 Å². The molecule has 0 aliphatic carbocycles. The molecular formula is C9H12N4. The molecular weight excluding hydrogens is 164 g/mol. The summed E-state index contributed by atoms with van der Waals surface area (Å²) in [4.78, 5) is 7.32. The number of nitrogens with zero attached hydrogens (tertiary/aromatic N) is 1. The monoisotopic (exact) mass is 176 g/mol. The largest absolute Gasteiger partial charge is 0.360 e. The fourth-order valence-corrected chi connectivity index (χ4v) is 1.29. The second-order valence-corrected chi connectivity index (χ2v) is 3.02. The van der Waals surface area contributed by atoms with Crippen molar-refractivity contribution in [3.8, 4) is 0 Å². The first-order valence-corrected chi connectivity index (χ1v) is 4.20. The third-order valence-corrected chi connectivity index (χ3v) is 2.10. The highest BCUT2D eigenvalue weighted by atomic mass is 14.8. The van der Waals surface area contributed by atoms with Crippen LogP contribution in [0.2, 0.25) is 0 Å². The maximum absolute atomic E-state index is 5.78. The number of nitrogens with one attached hydrogen (secondary N) is 1. The van der Waals surface area contributed by atoms with Gasteiger partial charge in [0.1, 0.15) is 0 Å². The van der Waals surface area contributed by atoms with Gasteiger partial charge in [0.05, 0.1) is 11.0 Å². The van der Waals surface area contributed by atoms with Crippen LogP contribution in [0.15, 0.2) is 24.5 Å². The number of nitrogens with two attached hydrogens (primary N) is 2. The molecule has 0 unspecified atom stereocenters. The van der Waals surface area contributed by atoms with Gasteiger partial charge < -0.3 is 16.5 Å². The molecule has 2 aromatic rings. The summed E-state index contributed by atoms with van der Waals surface area (Å²) in [6.45, 7) is 0.438. The Hall–Kier alpha value is -1.39. The first-order chi connectivity index (χ1) is 6.31. The summed E-state index contributed by atoms with van der Waals surface area (Å²) in [6.07, 6.45) is 3.63. The zero-order chi connectivity index (χ0) is 9.26. The number of hydrogen-bond donors (Lipinski definition) is 3. The number of H-pyrrole nitrogens is 1. The molecule has 0 aliphatic heterocycles. The average Bonchev–Trinajstić information content (AvgIpc) is 2.63. The molecule has 2 heterocycles. The summed E-state index contributed by atoms with van der Waals surface area (Å²) in [5.74, 6) is 0. The minimum atomic E-state index is -0.125. The Morgan fingerprint density at radius 1 is 1.54 bits per heavy atom. The zero-order valence-electron chi connectivity index (χ0n) is 7.20. The number of aromatic amines is 1. The van der Waals surface area contributed by atoms with Gasteiger partial charge in [0.25, 0.3) is 0 Å². The van der Waals surface area contributed by atoms with E-state index >= 15 is 0 Å². The molecule has 0 saturated heterocycles. The minimum absolute atomic E-state index is 0.125. The summed E-state index contributed by atoms with van der Waals surface area (Å²) >= 11 is 0. The van der Waals surface area contributed by atoms with Crippen LogP contribution in [0.5, 0.6) is 0 Å². The second kappa shape index (κ2) is 3.16. The van der Waals surface area contributed by atoms with E-state index in [0.717, 1.165) is 16.6 Å². The lowest BCUT2D eigenvalue weighted by Gasteiger charge is -2.07. The maximum atomic E-state index is 5.78. The normalized spacial score (nSPS) is 13.4. The van der Waals surface area contributed by atoms with Crippen LogP contribution in [0.25, 0.3) is 11.0 Å². The van der Waals surface area contributed by atoms with Gasteiger partial charge in [-0.1, -0.05) is 0 Å². The van der Waals surface area contributed by atoms with Crippen molar-refractivity contribution >= 4 is 11.0 Å². The van der Waals surface area contributed by atoms with Crippen molar-refractivity contribution < 1.29 is 0 Å². The van der Waals surface area contributed by atoms with Crippen LogP contribution in [0.3, 0.4) is 0 Å². The SMILES string of the molecule is NC[C@H](N)c1cnc2cc[nH]c2c1. The van der Waals surface area contributed by atoms with Crippen molar-refractivity contribution in [3.05, 3.63) is 30.1 Å². The molecule has 13 heavy (non-hydrogen) atoms. The Morgan fingerprint density at radius 2 is 2.38 bits per heavy atom. The van der Waals surface area contributed by atoms with Crippen LogP contribution in [0.1, 0.15) is 11.6 Å². The predicted octanol–water partition coefficient (Wildman–Crippen LogP) is 0.521. The van der Waals surface area contributed by atoms with Crippen LogP contribution in [-0.2, 0) is 0 Å². The third-order valence-electron chi connectivity index (χ3n) is 2.10. The highest BCUT2D eigenvalue weighted by Gasteiger charge is 2.05. The quantitative estimate of drug-likeness (QED) is 0.624. The number of pyridine rings is 1. The summed E-state index contributed by atoms with van der Waals surface area (Å²) in [5, 5.41) is 0. The Bertz CT molecular complexity index is 407. The molecule has 0 bridgehead atoms. The van der Waals surface area contributed by atoms with Gasteiger partial charge in [-0.05, 0) is 17.7 Å². The zero-order valence-corrected chi connectivity index (χ0v) is 7.20. The van der Waals surface area contributed by atoms with Crippen molar-refractivity contribution in [2.75, 3.05) is 6.54 Å². The molecule has 1 atom stereocenters. The van der Waals surface area contributed by atoms with Gasteiger partial charge in [0.15, 0.2) is 0 Å². The van der Waals surface area contributed by atoms with Gasteiger partial charge in [-0.25, -0.2) is 0 Å². The van der Waals surface area contributed by atoms with E-state index in [4.69, 9.17) is 11.5 Å². The molecule has 5 N–H and O–H groups in total. The van der Waals surface area contributed by atoms with E-state index in [0.29, 0.717) is 6.54 Å². The van der Waals surface area contributed by atoms with Crippen molar-refractivity contribution in [2.24, 2.45) is 11.5 Å². The summed E-state index contributed by atoms with van der Waals surface area (Å²) in [7, 11) is 0. The van der Waals surface area contributed by atoms with E-state index in [2.05, 4.69) is 9.97 Å². The fourth-order valence-electron chi connectivity index (χ4n) is 1.29. The Kier molecular flexibility index (Phi) is 2.00. The summed E-state index contributed by atoms with van der Waals surface area (Å²) < 4.78 is 0. The second-order valence-electron chi connectivity index (χ2n) is 3.02. The van der Waals surface area contributed by atoms with Crippen molar-refractivity contribution in [1.29, 1.82) is 0 Å². The number of hydrogen-bond acceptors (Lipinski definition) is 3. The number of rotatable bonds is 2. The highest BCUT2D eigenvalue weighted by Crippen LogP contribution is 2.14. The van der Waals surface area contributed by atoms with Gasteiger partial charge in [-0.15, -0.1) is 0 Å². The Balaban J connectivity index is 2.48. The van der Waals surface area contributed by atoms with Gasteiger partial charge in [0.2, 0.25) is 0 Å². The van der Waals surface area contributed by atoms with Crippen LogP contribution in [-0.4, -0.2) is 16.5 Å². The van der Waals surface area contributed by atoms with Crippen LogP contribution >= 0.6 is 0 Å². The van der Waals surface area contributed by atoms with Gasteiger partial charge in [-0.2, -0.15) is 0 Å². The van der Waals surface area contributed by atoms with Crippen LogP contribution in [0.4, 0.5) is 0 Å². The molecule has 0 spiro atoms. The standard InChI is InChI=1S/C9H12N4/c10-4-7(11)6-3-9-8(13-5-6)1-2-12-9/h1-3,5,7,12H,4,10-11H2/t7-/m0/s1. The molecule has 4 nitrogen and oxygen atoms in total. The van der Waals surface area contributed by atoms with Crippen LogP contribution in [0, 0.1) is 0 Å². The van der Waals surface area contributed by atoms with Crippen LogP contribution < -0.4 is 11.5 Å². The fraction of sp³-hybridized carbons (Fsp3) is 0.222. The lowest BCUT2D eigenvalue weighted by Crippen LogP contribution is -2.20. The number of aromatic nitrogens is 2. The average molecular weight is 176 g/mol. The van der Waals surface area contributed by atoms with E-state index in [1.807, 2.05) is 18.3 Å². The smallest absolute Gasteiger partial charge is 0.0878 e. The maximum Gasteiger partial charge on any atom is 0.0878 e. The molecule has 0 saturated carbocycles. The number of fused-ring (bicyclic) bond motifs is 1. The van der Waals surface area contributed by atoms with Gasteiger partial charge >= 0.3 is 0 Å². The molecule has 2 aromatic heterocycles. The van der Waals surface area contributed by atoms with Gasteiger partial charge in [0, 0.05) is 25.0 Å². The minimum Gasteiger partial charge on any atom is -0.360 e. The topological polar surface area (TPSA) is 80.7 Å². The first kappa shape index (κ1) is 8.22. The van der Waals surface area contributed by atoms with Crippen molar-refractivity contribution in [2.45, 2.75) is 6.04 Å². The van der Waals surface area contributed by atoms with E-state index < -0.39 is 0 Å². The van der Waals surface area contributed by atoms with Gasteiger partial charge in [-0.3, -0.25) is 4.98 Å². The van der Waals surface area contributed by atoms with E-state index in [9.17, 15) is 0 Å². The van der Waals surface area contributed by atoms with E-state index in [-0.39, 0.29) is 6.04 Å². The predicted molar refractivity (Wildman–Crippen MR) is 52.1 cm³/mol. The molecule has 0 amide bonds. The van der Waals surface area contributed by atoms with E-state index in [1.165, 1.54) is 0 Å². The van der Waals surface area contributed by atoms with Crippen molar-refractivity contribution in [3.63, 3.8) is 0 Å². The lowest BCUT2D eigenvalue weighted by atomic mass is 10.1. The molecule has 0 aromatic carbocycles. The highest BCUT2D eigenvalue weighted by molar-refractivity contribution is 5.75.